The van der Waals surface area contributed by atoms with Crippen LogP contribution in [-0.4, -0.2) is 42.2 Å². The zero-order chi connectivity index (χ0) is 23.5. The van der Waals surface area contributed by atoms with Crippen LogP contribution in [-0.2, 0) is 14.4 Å². The first kappa shape index (κ1) is 23.5. The zero-order valence-corrected chi connectivity index (χ0v) is 19.4. The Morgan fingerprint density at radius 1 is 1.19 bits per heavy atom. The lowest BCUT2D eigenvalue weighted by atomic mass is 9.62. The average Bonchev–Trinajstić information content (AvgIpc) is 2.73. The number of nitrogens with zero attached hydrogens (tertiary/aromatic N) is 2. The highest BCUT2D eigenvalue weighted by Gasteiger charge is 2.47. The molecule has 2 aliphatic rings. The molecule has 0 radical (unpaired) electrons. The lowest BCUT2D eigenvalue weighted by Crippen LogP contribution is -2.49. The Bertz CT molecular complexity index is 1010. The monoisotopic (exact) mass is 433 g/mol. The van der Waals surface area contributed by atoms with E-state index in [1.165, 1.54) is 0 Å². The highest BCUT2D eigenvalue weighted by atomic mass is 16.2. The van der Waals surface area contributed by atoms with Crippen LogP contribution in [0.25, 0.3) is 0 Å². The summed E-state index contributed by atoms with van der Waals surface area (Å²) < 4.78 is 0. The minimum absolute atomic E-state index is 0.00628. The van der Waals surface area contributed by atoms with Crippen molar-refractivity contribution in [2.24, 2.45) is 10.5 Å². The second kappa shape index (κ2) is 9.52. The molecule has 1 aliphatic carbocycles. The maximum Gasteiger partial charge on any atom is 0.271 e. The third-order valence-corrected chi connectivity index (χ3v) is 6.72. The van der Waals surface area contributed by atoms with Gasteiger partial charge in [-0.1, -0.05) is 12.0 Å². The van der Waals surface area contributed by atoms with Gasteiger partial charge in [-0.15, -0.1) is 5.92 Å². The van der Waals surface area contributed by atoms with E-state index in [1.807, 2.05) is 26.0 Å². The first-order chi connectivity index (χ1) is 15.2. The molecular formula is C26H31N3O3. The van der Waals surface area contributed by atoms with Gasteiger partial charge in [0.2, 0.25) is 0 Å². The van der Waals surface area contributed by atoms with E-state index in [4.69, 9.17) is 0 Å². The van der Waals surface area contributed by atoms with Crippen LogP contribution in [0, 0.1) is 31.1 Å². The number of benzene rings is 1. The summed E-state index contributed by atoms with van der Waals surface area (Å²) in [4.78, 5) is 41.0. The minimum atomic E-state index is -0.693. The molecular weight excluding hydrogens is 402 g/mol. The number of amides is 1. The predicted octanol–water partition coefficient (Wildman–Crippen LogP) is 3.41. The molecule has 1 aliphatic heterocycles. The first-order valence-electron chi connectivity index (χ1n) is 11.0. The molecule has 0 atom stereocenters. The lowest BCUT2D eigenvalue weighted by Gasteiger charge is -2.45. The van der Waals surface area contributed by atoms with Crippen molar-refractivity contribution >= 4 is 24.2 Å². The highest BCUT2D eigenvalue weighted by Crippen LogP contribution is 2.46. The summed E-state index contributed by atoms with van der Waals surface area (Å²) in [5.74, 6) is 5.10. The van der Waals surface area contributed by atoms with Crippen LogP contribution >= 0.6 is 0 Å². The van der Waals surface area contributed by atoms with Crippen molar-refractivity contribution in [1.29, 1.82) is 0 Å². The van der Waals surface area contributed by atoms with Crippen molar-refractivity contribution in [3.05, 3.63) is 46.2 Å². The van der Waals surface area contributed by atoms with Crippen LogP contribution in [0.3, 0.4) is 0 Å². The van der Waals surface area contributed by atoms with E-state index < -0.39 is 5.92 Å². The van der Waals surface area contributed by atoms with E-state index in [9.17, 15) is 14.4 Å². The Balaban J connectivity index is 1.76. The van der Waals surface area contributed by atoms with E-state index in [0.717, 1.165) is 22.3 Å². The van der Waals surface area contributed by atoms with Crippen molar-refractivity contribution in [1.82, 2.24) is 10.3 Å². The smallest absolute Gasteiger partial charge is 0.271 e. The van der Waals surface area contributed by atoms with Crippen molar-refractivity contribution in [2.45, 2.75) is 59.3 Å². The maximum atomic E-state index is 13.3. The minimum Gasteiger partial charge on any atom is -0.337 e. The van der Waals surface area contributed by atoms with Gasteiger partial charge in [0.1, 0.15) is 23.2 Å². The van der Waals surface area contributed by atoms with Gasteiger partial charge >= 0.3 is 0 Å². The van der Waals surface area contributed by atoms with Gasteiger partial charge in [-0.3, -0.25) is 19.8 Å². The molecule has 0 bridgehead atoms. The number of nitrogens with one attached hydrogen (secondary N) is 1. The average molecular weight is 434 g/mol. The molecule has 0 unspecified atom stereocenters. The molecule has 3 rings (SSSR count). The Hall–Kier alpha value is -3.20. The fraction of sp³-hybridized carbons (Fsp3) is 0.462. The van der Waals surface area contributed by atoms with Gasteiger partial charge in [-0.05, 0) is 74.8 Å². The number of likely N-dealkylation sites (tertiary alicyclic amines) is 1. The molecule has 1 heterocycles. The normalized spacial score (nSPS) is 18.9. The number of rotatable bonds is 4. The largest absolute Gasteiger partial charge is 0.337 e. The number of allylic oxidation sites excluding steroid dienone is 1. The van der Waals surface area contributed by atoms with E-state index in [0.29, 0.717) is 44.5 Å². The molecule has 1 spiro atoms. The number of piperidine rings is 1. The first-order valence-corrected chi connectivity index (χ1v) is 11.0. The number of aryl methyl sites for hydroxylation is 2. The van der Waals surface area contributed by atoms with Crippen molar-refractivity contribution in [2.75, 3.05) is 13.1 Å². The number of ketones is 2. The van der Waals surface area contributed by atoms with Gasteiger partial charge in [0, 0.05) is 38.2 Å². The number of hydrogen-bond acceptors (Lipinski definition) is 5. The van der Waals surface area contributed by atoms with Crippen LogP contribution in [0.5, 0.6) is 0 Å². The van der Waals surface area contributed by atoms with Crippen LogP contribution in [0.1, 0.15) is 67.7 Å². The van der Waals surface area contributed by atoms with Gasteiger partial charge in [0.25, 0.3) is 5.91 Å². The molecule has 32 heavy (non-hydrogen) atoms. The Labute approximate surface area is 190 Å². The predicted molar refractivity (Wildman–Crippen MR) is 125 cm³/mol. The summed E-state index contributed by atoms with van der Waals surface area (Å²) in [6.45, 7) is 11.8. The molecule has 1 amide bonds. The van der Waals surface area contributed by atoms with Gasteiger partial charge in [0.05, 0.1) is 0 Å². The van der Waals surface area contributed by atoms with Gasteiger partial charge in [-0.2, -0.15) is 5.10 Å². The van der Waals surface area contributed by atoms with Crippen LogP contribution < -0.4 is 5.43 Å². The summed E-state index contributed by atoms with van der Waals surface area (Å²) in [7, 11) is 0. The summed E-state index contributed by atoms with van der Waals surface area (Å²) in [6.07, 6.45) is 3.71. The summed E-state index contributed by atoms with van der Waals surface area (Å²) in [5.41, 5.74) is 6.28. The van der Waals surface area contributed by atoms with Crippen molar-refractivity contribution in [3.63, 3.8) is 0 Å². The molecule has 0 aromatic heterocycles. The van der Waals surface area contributed by atoms with Crippen LogP contribution in [0.4, 0.5) is 0 Å². The summed E-state index contributed by atoms with van der Waals surface area (Å²) in [6, 6.07) is 3.91. The zero-order valence-electron chi connectivity index (χ0n) is 19.4. The topological polar surface area (TPSA) is 78.8 Å². The van der Waals surface area contributed by atoms with E-state index >= 15 is 0 Å². The molecule has 1 aromatic carbocycles. The Morgan fingerprint density at radius 2 is 1.75 bits per heavy atom. The molecule has 2 fully saturated rings. The van der Waals surface area contributed by atoms with E-state index in [2.05, 4.69) is 29.1 Å². The number of Topliss-reactive ketones (excluding diaryl/α,β-unsaturated/α-hetero) is 2. The fourth-order valence-corrected chi connectivity index (χ4v) is 5.18. The van der Waals surface area contributed by atoms with Crippen molar-refractivity contribution in [3.8, 4) is 11.8 Å². The third-order valence-electron chi connectivity index (χ3n) is 6.72. The van der Waals surface area contributed by atoms with Gasteiger partial charge in [0.15, 0.2) is 0 Å². The lowest BCUT2D eigenvalue weighted by molar-refractivity contribution is -0.139. The molecule has 6 heteroatoms. The Morgan fingerprint density at radius 3 is 2.22 bits per heavy atom. The highest BCUT2D eigenvalue weighted by molar-refractivity contribution is 6.10. The van der Waals surface area contributed by atoms with E-state index in [1.54, 1.807) is 24.8 Å². The second-order valence-electron chi connectivity index (χ2n) is 8.88. The molecule has 6 nitrogen and oxygen atoms in total. The second-order valence-corrected chi connectivity index (χ2v) is 8.88. The van der Waals surface area contributed by atoms with Crippen molar-refractivity contribution < 1.29 is 14.4 Å². The van der Waals surface area contributed by atoms with E-state index in [-0.39, 0.29) is 22.9 Å². The number of carbonyl (C=O) groups excluding carboxylic acids is 3. The standard InChI is InChI=1S/C26H31N3O3/c1-6-8-19-13-17(3)23(18(4)14-19)24-21(30)15-26(16-22(24)31)9-11-29(12-10-26)25(32)20(7-2)28-27-5/h7,13-14,24,28H,5,9-12,15-16H2,1-4H3/b20-7-. The number of hydrazone groups is 1. The quantitative estimate of drug-likeness (QED) is 0.260. The molecule has 168 valence electrons. The molecule has 1 N–H and O–H groups in total. The molecule has 1 aromatic rings. The van der Waals surface area contributed by atoms with Crippen LogP contribution in [0.2, 0.25) is 0 Å². The summed E-state index contributed by atoms with van der Waals surface area (Å²) >= 11 is 0. The fourth-order valence-electron chi connectivity index (χ4n) is 5.18. The molecule has 1 saturated heterocycles. The van der Waals surface area contributed by atoms with Gasteiger partial charge in [-0.25, -0.2) is 0 Å². The SMILES string of the molecule is C=NN/C(=C\C)C(=O)N1CCC2(CC1)CC(=O)C(c1c(C)cc(C#CC)cc1C)C(=O)C2. The summed E-state index contributed by atoms with van der Waals surface area (Å²) in [5, 5.41) is 3.58. The molecule has 1 saturated carbocycles. The maximum absolute atomic E-state index is 13.3. The third kappa shape index (κ3) is 4.52. The number of carbonyl (C=O) groups is 3. The van der Waals surface area contributed by atoms with Crippen LogP contribution in [0.15, 0.2) is 29.0 Å². The van der Waals surface area contributed by atoms with Gasteiger partial charge < -0.3 is 4.90 Å². The number of hydrogen-bond donors (Lipinski definition) is 1. The Kier molecular flexibility index (Phi) is 6.98.